The first-order chi connectivity index (χ1) is 9.13. The molecule has 1 rings (SSSR count). The zero-order chi connectivity index (χ0) is 15.5. The molecule has 0 spiro atoms. The van der Waals surface area contributed by atoms with E-state index < -0.39 is 33.1 Å². The lowest BCUT2D eigenvalue weighted by Gasteiger charge is -2.08. The van der Waals surface area contributed by atoms with Gasteiger partial charge < -0.3 is 11.1 Å². The third kappa shape index (κ3) is 4.15. The number of nitrogen functional groups attached to an aromatic ring is 1. The number of nitro groups is 1. The maximum atomic E-state index is 11.9. The van der Waals surface area contributed by atoms with Crippen LogP contribution in [0.25, 0.3) is 0 Å². The summed E-state index contributed by atoms with van der Waals surface area (Å²) >= 11 is 0.569. The first-order valence-electron chi connectivity index (χ1n) is 5.46. The fourth-order valence-corrected chi connectivity index (χ4v) is 3.49. The molecule has 0 bridgehead atoms. The van der Waals surface area contributed by atoms with E-state index in [9.17, 15) is 23.3 Å². The van der Waals surface area contributed by atoms with E-state index in [1.165, 1.54) is 0 Å². The number of amides is 1. The van der Waals surface area contributed by atoms with Crippen molar-refractivity contribution in [1.29, 1.82) is 0 Å². The Kier molecular flexibility index (Phi) is 5.03. The van der Waals surface area contributed by atoms with Gasteiger partial charge in [0.15, 0.2) is 5.00 Å². The van der Waals surface area contributed by atoms with Crippen LogP contribution in [0.2, 0.25) is 0 Å². The van der Waals surface area contributed by atoms with E-state index in [0.717, 1.165) is 6.07 Å². The van der Waals surface area contributed by atoms with Crippen LogP contribution in [0.3, 0.4) is 0 Å². The Hall–Kier alpha value is -1.72. The van der Waals surface area contributed by atoms with E-state index >= 15 is 0 Å². The molecule has 0 aromatic carbocycles. The maximum absolute atomic E-state index is 11.9. The highest BCUT2D eigenvalue weighted by molar-refractivity contribution is 7.91. The van der Waals surface area contributed by atoms with E-state index in [0.29, 0.717) is 11.3 Å². The number of nitrogens with two attached hydrogens (primary N) is 1. The van der Waals surface area contributed by atoms with Crippen LogP contribution in [0.1, 0.15) is 13.8 Å². The van der Waals surface area contributed by atoms with Gasteiger partial charge in [0.1, 0.15) is 4.21 Å². The quantitative estimate of drug-likeness (QED) is 0.498. The topological polar surface area (TPSA) is 144 Å². The summed E-state index contributed by atoms with van der Waals surface area (Å²) in [5, 5.41) is 12.9. The van der Waals surface area contributed by atoms with E-state index in [4.69, 9.17) is 5.73 Å². The molecule has 9 nitrogen and oxygen atoms in total. The summed E-state index contributed by atoms with van der Waals surface area (Å²) in [6.07, 6.45) is 0. The van der Waals surface area contributed by atoms with Gasteiger partial charge in [-0.3, -0.25) is 14.9 Å². The molecule has 0 aliphatic carbocycles. The van der Waals surface area contributed by atoms with Gasteiger partial charge in [-0.25, -0.2) is 13.1 Å². The first-order valence-corrected chi connectivity index (χ1v) is 7.76. The third-order valence-corrected chi connectivity index (χ3v) is 4.88. The molecule has 1 amide bonds. The Morgan fingerprint density at radius 3 is 2.60 bits per heavy atom. The Morgan fingerprint density at radius 2 is 2.15 bits per heavy atom. The van der Waals surface area contributed by atoms with Gasteiger partial charge >= 0.3 is 5.69 Å². The summed E-state index contributed by atoms with van der Waals surface area (Å²) in [6.45, 7) is 3.01. The molecule has 112 valence electrons. The van der Waals surface area contributed by atoms with Crippen molar-refractivity contribution < 1.29 is 18.1 Å². The van der Waals surface area contributed by atoms with Crippen molar-refractivity contribution in [2.24, 2.45) is 0 Å². The highest BCUT2D eigenvalue weighted by atomic mass is 32.2. The Balaban J connectivity index is 2.82. The van der Waals surface area contributed by atoms with Crippen LogP contribution in [0.15, 0.2) is 10.3 Å². The molecule has 0 radical (unpaired) electrons. The van der Waals surface area contributed by atoms with Crippen molar-refractivity contribution in [1.82, 2.24) is 10.0 Å². The number of anilines is 1. The molecule has 0 aliphatic heterocycles. The molecule has 0 saturated heterocycles. The van der Waals surface area contributed by atoms with Gasteiger partial charge in [-0.05, 0) is 13.8 Å². The summed E-state index contributed by atoms with van der Waals surface area (Å²) in [7, 11) is -4.00. The largest absolute Gasteiger partial charge is 0.385 e. The molecule has 20 heavy (non-hydrogen) atoms. The number of hydrogen-bond donors (Lipinski definition) is 3. The van der Waals surface area contributed by atoms with Gasteiger partial charge in [0.05, 0.1) is 11.5 Å². The van der Waals surface area contributed by atoms with Gasteiger partial charge in [-0.2, -0.15) is 0 Å². The number of nitrogens with one attached hydrogen (secondary N) is 2. The predicted octanol–water partition coefficient (Wildman–Crippen LogP) is 0.0414. The van der Waals surface area contributed by atoms with Gasteiger partial charge in [-0.15, -0.1) is 0 Å². The molecule has 11 heteroatoms. The van der Waals surface area contributed by atoms with Crippen molar-refractivity contribution in [2.45, 2.75) is 24.1 Å². The molecule has 1 aromatic heterocycles. The summed E-state index contributed by atoms with van der Waals surface area (Å²) < 4.78 is 25.4. The zero-order valence-corrected chi connectivity index (χ0v) is 12.4. The summed E-state index contributed by atoms with van der Waals surface area (Å²) in [6, 6.07) is 0.744. The van der Waals surface area contributed by atoms with E-state index in [2.05, 4.69) is 10.0 Å². The molecule has 4 N–H and O–H groups in total. The highest BCUT2D eigenvalue weighted by Crippen LogP contribution is 2.34. The first kappa shape index (κ1) is 16.3. The van der Waals surface area contributed by atoms with Crippen LogP contribution in [0, 0.1) is 10.1 Å². The van der Waals surface area contributed by atoms with Gasteiger partial charge in [-0.1, -0.05) is 11.3 Å². The van der Waals surface area contributed by atoms with Gasteiger partial charge in [0, 0.05) is 12.1 Å². The molecular formula is C9H14N4O5S2. The van der Waals surface area contributed by atoms with Crippen LogP contribution in [0.4, 0.5) is 10.7 Å². The third-order valence-electron chi connectivity index (χ3n) is 2.05. The minimum Gasteiger partial charge on any atom is -0.385 e. The van der Waals surface area contributed by atoms with E-state index in [1.807, 2.05) is 0 Å². The molecule has 0 saturated carbocycles. The summed E-state index contributed by atoms with van der Waals surface area (Å²) in [5.41, 5.74) is 4.90. The maximum Gasteiger partial charge on any atom is 0.304 e. The standard InChI is InChI=1S/C9H14N4O5S2/c1-5(2)12-7(14)4-11-20(17,18)8-3-6(13(15)16)9(10)19-8/h3,5,11H,4,10H2,1-2H3,(H,12,14). The van der Waals surface area contributed by atoms with Crippen LogP contribution in [0.5, 0.6) is 0 Å². The molecular weight excluding hydrogens is 308 g/mol. The van der Waals surface area contributed by atoms with E-state index in [1.54, 1.807) is 13.8 Å². The summed E-state index contributed by atoms with van der Waals surface area (Å²) in [4.78, 5) is 21.2. The molecule has 0 unspecified atom stereocenters. The average Bonchev–Trinajstić information content (AvgIpc) is 2.69. The second-order valence-corrected chi connectivity index (χ2v) is 7.20. The Morgan fingerprint density at radius 1 is 1.55 bits per heavy atom. The number of rotatable bonds is 6. The minimum atomic E-state index is -4.00. The average molecular weight is 322 g/mol. The molecule has 0 atom stereocenters. The molecule has 1 aromatic rings. The van der Waals surface area contributed by atoms with Crippen LogP contribution in [-0.2, 0) is 14.8 Å². The van der Waals surface area contributed by atoms with Crippen LogP contribution >= 0.6 is 11.3 Å². The van der Waals surface area contributed by atoms with Crippen molar-refractivity contribution in [3.8, 4) is 0 Å². The predicted molar refractivity (Wildman–Crippen MR) is 73.9 cm³/mol. The monoisotopic (exact) mass is 322 g/mol. The number of thiophene rings is 1. The second-order valence-electron chi connectivity index (χ2n) is 4.12. The zero-order valence-electron chi connectivity index (χ0n) is 10.7. The number of carbonyl (C=O) groups is 1. The Labute approximate surface area is 119 Å². The molecule has 0 aliphatic rings. The van der Waals surface area contributed by atoms with Gasteiger partial charge in [0.2, 0.25) is 5.91 Å². The van der Waals surface area contributed by atoms with Crippen molar-refractivity contribution in [3.05, 3.63) is 16.2 Å². The van der Waals surface area contributed by atoms with Crippen molar-refractivity contribution in [2.75, 3.05) is 12.3 Å². The van der Waals surface area contributed by atoms with Crippen LogP contribution < -0.4 is 15.8 Å². The lowest BCUT2D eigenvalue weighted by molar-refractivity contribution is -0.383. The fraction of sp³-hybridized carbons (Fsp3) is 0.444. The highest BCUT2D eigenvalue weighted by Gasteiger charge is 2.25. The fourth-order valence-electron chi connectivity index (χ4n) is 1.25. The Bertz CT molecular complexity index is 622. The number of sulfonamides is 1. The minimum absolute atomic E-state index is 0.120. The van der Waals surface area contributed by atoms with Crippen LogP contribution in [-0.4, -0.2) is 31.8 Å². The molecule has 0 fully saturated rings. The second kappa shape index (κ2) is 6.15. The lowest BCUT2D eigenvalue weighted by Crippen LogP contribution is -2.39. The SMILES string of the molecule is CC(C)NC(=O)CNS(=O)(=O)c1cc([N+](=O)[O-])c(N)s1. The number of carbonyl (C=O) groups excluding carboxylic acids is 1. The van der Waals surface area contributed by atoms with Crippen molar-refractivity contribution in [3.63, 3.8) is 0 Å². The summed E-state index contributed by atoms with van der Waals surface area (Å²) in [5.74, 6) is -0.498. The van der Waals surface area contributed by atoms with E-state index in [-0.39, 0.29) is 15.3 Å². The normalized spacial score (nSPS) is 11.6. The lowest BCUT2D eigenvalue weighted by atomic mass is 10.4. The smallest absolute Gasteiger partial charge is 0.304 e. The number of hydrogen-bond acceptors (Lipinski definition) is 7. The molecule has 1 heterocycles. The van der Waals surface area contributed by atoms with Crippen molar-refractivity contribution >= 4 is 38.0 Å². The number of nitrogens with zero attached hydrogens (tertiary/aromatic N) is 1. The van der Waals surface area contributed by atoms with Gasteiger partial charge in [0.25, 0.3) is 10.0 Å².